The lowest BCUT2D eigenvalue weighted by Crippen LogP contribution is -2.32. The van der Waals surface area contributed by atoms with Crippen molar-refractivity contribution >= 4 is 11.6 Å². The summed E-state index contributed by atoms with van der Waals surface area (Å²) in [6, 6.07) is 13.4. The first-order valence-corrected chi connectivity index (χ1v) is 6.90. The van der Waals surface area contributed by atoms with Gasteiger partial charge >= 0.3 is 0 Å². The number of nitrogens with two attached hydrogens (primary N) is 1. The smallest absolute Gasteiger partial charge is 0.254 e. The van der Waals surface area contributed by atoms with E-state index in [0.717, 1.165) is 5.56 Å². The van der Waals surface area contributed by atoms with Gasteiger partial charge in [-0.1, -0.05) is 44.2 Å². The van der Waals surface area contributed by atoms with E-state index in [1.54, 1.807) is 0 Å². The lowest BCUT2D eigenvalue weighted by atomic mass is 9.95. The molecule has 1 atom stereocenters. The fourth-order valence-corrected chi connectivity index (χ4v) is 2.23. The SMILES string of the molecule is CC(C)C(NC(=O)c1cc(N)ccc1F)c1ccccc1. The van der Waals surface area contributed by atoms with E-state index in [0.29, 0.717) is 5.69 Å². The summed E-state index contributed by atoms with van der Waals surface area (Å²) < 4.78 is 13.8. The number of carbonyl (C=O) groups excluding carboxylic acids is 1. The number of hydrogen-bond donors (Lipinski definition) is 2. The Hall–Kier alpha value is -2.36. The first-order chi connectivity index (χ1) is 9.99. The van der Waals surface area contributed by atoms with Gasteiger partial charge in [-0.2, -0.15) is 0 Å². The molecule has 0 aliphatic heterocycles. The van der Waals surface area contributed by atoms with Gasteiger partial charge < -0.3 is 11.1 Å². The van der Waals surface area contributed by atoms with Crippen LogP contribution in [0.25, 0.3) is 0 Å². The van der Waals surface area contributed by atoms with Gasteiger partial charge in [-0.25, -0.2) is 4.39 Å². The summed E-state index contributed by atoms with van der Waals surface area (Å²) in [7, 11) is 0. The Labute approximate surface area is 124 Å². The van der Waals surface area contributed by atoms with Crippen molar-refractivity contribution in [1.82, 2.24) is 5.32 Å². The van der Waals surface area contributed by atoms with E-state index in [4.69, 9.17) is 5.73 Å². The number of nitrogens with one attached hydrogen (secondary N) is 1. The number of amides is 1. The van der Waals surface area contributed by atoms with Gasteiger partial charge in [0.15, 0.2) is 0 Å². The Morgan fingerprint density at radius 1 is 1.14 bits per heavy atom. The molecule has 2 rings (SSSR count). The number of nitrogen functional groups attached to an aromatic ring is 1. The van der Waals surface area contributed by atoms with Crippen LogP contribution in [0.2, 0.25) is 0 Å². The van der Waals surface area contributed by atoms with Crippen molar-refractivity contribution in [2.45, 2.75) is 19.9 Å². The predicted octanol–water partition coefficient (Wildman–Crippen LogP) is 3.54. The highest BCUT2D eigenvalue weighted by Gasteiger charge is 2.20. The summed E-state index contributed by atoms with van der Waals surface area (Å²) in [6.45, 7) is 4.02. The normalized spacial score (nSPS) is 12.2. The largest absolute Gasteiger partial charge is 0.399 e. The molecule has 0 aliphatic carbocycles. The molecule has 1 amide bonds. The van der Waals surface area contributed by atoms with Gasteiger partial charge in [0.1, 0.15) is 5.82 Å². The van der Waals surface area contributed by atoms with Gasteiger partial charge in [0.25, 0.3) is 5.91 Å². The molecule has 0 bridgehead atoms. The molecule has 0 saturated heterocycles. The Kier molecular flexibility index (Phi) is 4.58. The molecule has 0 fully saturated rings. The summed E-state index contributed by atoms with van der Waals surface area (Å²) >= 11 is 0. The van der Waals surface area contributed by atoms with Crippen molar-refractivity contribution in [2.75, 3.05) is 5.73 Å². The van der Waals surface area contributed by atoms with Crippen molar-refractivity contribution in [2.24, 2.45) is 5.92 Å². The maximum atomic E-state index is 13.8. The molecule has 2 aromatic rings. The van der Waals surface area contributed by atoms with E-state index >= 15 is 0 Å². The van der Waals surface area contributed by atoms with Gasteiger partial charge in [-0.05, 0) is 29.7 Å². The summed E-state index contributed by atoms with van der Waals surface area (Å²) in [5.74, 6) is -0.847. The van der Waals surface area contributed by atoms with Crippen molar-refractivity contribution in [3.8, 4) is 0 Å². The van der Waals surface area contributed by atoms with E-state index in [1.165, 1.54) is 18.2 Å². The Morgan fingerprint density at radius 3 is 2.43 bits per heavy atom. The van der Waals surface area contributed by atoms with Crippen LogP contribution >= 0.6 is 0 Å². The van der Waals surface area contributed by atoms with Crippen LogP contribution in [0.5, 0.6) is 0 Å². The molecule has 21 heavy (non-hydrogen) atoms. The van der Waals surface area contributed by atoms with Crippen LogP contribution in [-0.4, -0.2) is 5.91 Å². The third-order valence-corrected chi connectivity index (χ3v) is 3.35. The van der Waals surface area contributed by atoms with E-state index < -0.39 is 11.7 Å². The molecule has 0 radical (unpaired) electrons. The zero-order valence-electron chi connectivity index (χ0n) is 12.1. The average Bonchev–Trinajstić information content (AvgIpc) is 2.47. The summed E-state index contributed by atoms with van der Waals surface area (Å²) in [5.41, 5.74) is 6.94. The summed E-state index contributed by atoms with van der Waals surface area (Å²) in [5, 5.41) is 2.88. The topological polar surface area (TPSA) is 55.1 Å². The van der Waals surface area contributed by atoms with E-state index in [9.17, 15) is 9.18 Å². The number of hydrogen-bond acceptors (Lipinski definition) is 2. The molecular formula is C17H19FN2O. The number of anilines is 1. The number of carbonyl (C=O) groups is 1. The molecular weight excluding hydrogens is 267 g/mol. The van der Waals surface area contributed by atoms with Crippen LogP contribution < -0.4 is 11.1 Å². The Bertz CT molecular complexity index is 626. The Morgan fingerprint density at radius 2 is 1.81 bits per heavy atom. The highest BCUT2D eigenvalue weighted by Crippen LogP contribution is 2.22. The van der Waals surface area contributed by atoms with Gasteiger partial charge in [-0.15, -0.1) is 0 Å². The molecule has 3 nitrogen and oxygen atoms in total. The lowest BCUT2D eigenvalue weighted by Gasteiger charge is -2.23. The van der Waals surface area contributed by atoms with Crippen LogP contribution in [0, 0.1) is 11.7 Å². The van der Waals surface area contributed by atoms with Crippen LogP contribution in [0.15, 0.2) is 48.5 Å². The maximum absolute atomic E-state index is 13.8. The molecule has 2 aromatic carbocycles. The minimum absolute atomic E-state index is 0.0309. The second kappa shape index (κ2) is 6.39. The second-order valence-electron chi connectivity index (χ2n) is 5.35. The Balaban J connectivity index is 2.25. The summed E-state index contributed by atoms with van der Waals surface area (Å²) in [4.78, 5) is 12.3. The zero-order valence-corrected chi connectivity index (χ0v) is 12.1. The second-order valence-corrected chi connectivity index (χ2v) is 5.35. The van der Waals surface area contributed by atoms with Crippen molar-refractivity contribution in [3.05, 3.63) is 65.5 Å². The highest BCUT2D eigenvalue weighted by molar-refractivity contribution is 5.95. The van der Waals surface area contributed by atoms with Crippen LogP contribution in [0.3, 0.4) is 0 Å². The molecule has 0 aliphatic rings. The zero-order chi connectivity index (χ0) is 15.4. The van der Waals surface area contributed by atoms with Gasteiger partial charge in [0, 0.05) is 5.69 Å². The van der Waals surface area contributed by atoms with Gasteiger partial charge in [-0.3, -0.25) is 4.79 Å². The van der Waals surface area contributed by atoms with Crippen LogP contribution in [0.1, 0.15) is 35.8 Å². The first-order valence-electron chi connectivity index (χ1n) is 6.90. The van der Waals surface area contributed by atoms with Crippen LogP contribution in [-0.2, 0) is 0 Å². The monoisotopic (exact) mass is 286 g/mol. The molecule has 0 saturated carbocycles. The van der Waals surface area contributed by atoms with E-state index in [1.807, 2.05) is 44.2 Å². The quantitative estimate of drug-likeness (QED) is 0.845. The number of rotatable bonds is 4. The fourth-order valence-electron chi connectivity index (χ4n) is 2.23. The van der Waals surface area contributed by atoms with Gasteiger partial charge in [0.2, 0.25) is 0 Å². The average molecular weight is 286 g/mol. The lowest BCUT2D eigenvalue weighted by molar-refractivity contribution is 0.0921. The van der Waals surface area contributed by atoms with Crippen molar-refractivity contribution in [1.29, 1.82) is 0 Å². The fraction of sp³-hybridized carbons (Fsp3) is 0.235. The third kappa shape index (κ3) is 3.60. The molecule has 0 aromatic heterocycles. The van der Waals surface area contributed by atoms with E-state index in [2.05, 4.69) is 5.32 Å². The molecule has 4 heteroatoms. The summed E-state index contributed by atoms with van der Waals surface area (Å²) in [6.07, 6.45) is 0. The molecule has 0 heterocycles. The third-order valence-electron chi connectivity index (χ3n) is 3.35. The molecule has 1 unspecified atom stereocenters. The molecule has 3 N–H and O–H groups in total. The molecule has 110 valence electrons. The van der Waals surface area contributed by atoms with E-state index in [-0.39, 0.29) is 17.5 Å². The minimum Gasteiger partial charge on any atom is -0.399 e. The van der Waals surface area contributed by atoms with Crippen molar-refractivity contribution < 1.29 is 9.18 Å². The van der Waals surface area contributed by atoms with Crippen LogP contribution in [0.4, 0.5) is 10.1 Å². The maximum Gasteiger partial charge on any atom is 0.254 e. The highest BCUT2D eigenvalue weighted by atomic mass is 19.1. The van der Waals surface area contributed by atoms with Gasteiger partial charge in [0.05, 0.1) is 11.6 Å². The number of benzene rings is 2. The minimum atomic E-state index is -0.572. The number of halogens is 1. The standard InChI is InChI=1S/C17H19FN2O/c1-11(2)16(12-6-4-3-5-7-12)20-17(21)14-10-13(19)8-9-15(14)18/h3-11,16H,19H2,1-2H3,(H,20,21). The first kappa shape index (κ1) is 15.0. The predicted molar refractivity (Wildman–Crippen MR) is 82.3 cm³/mol. The molecule has 0 spiro atoms. The van der Waals surface area contributed by atoms with Crippen molar-refractivity contribution in [3.63, 3.8) is 0 Å².